The van der Waals surface area contributed by atoms with Crippen molar-refractivity contribution in [3.8, 4) is 0 Å². The molecule has 0 fully saturated rings. The molecule has 18 heavy (non-hydrogen) atoms. The molecule has 0 amide bonds. The summed E-state index contributed by atoms with van der Waals surface area (Å²) < 4.78 is 36.9. The first-order valence-electron chi connectivity index (χ1n) is 5.13. The van der Waals surface area contributed by atoms with Crippen LogP contribution in [0.3, 0.4) is 0 Å². The SMILES string of the molecule is Cc1ncsc1CNc1ccc(C(F)(F)F)cn1. The predicted molar refractivity (Wildman–Crippen MR) is 63.4 cm³/mol. The molecule has 0 saturated heterocycles. The smallest absolute Gasteiger partial charge is 0.365 e. The Morgan fingerprint density at radius 1 is 1.28 bits per heavy atom. The molecule has 96 valence electrons. The minimum absolute atomic E-state index is 0.413. The van der Waals surface area contributed by atoms with Gasteiger partial charge in [-0.25, -0.2) is 9.97 Å². The van der Waals surface area contributed by atoms with E-state index in [-0.39, 0.29) is 0 Å². The Morgan fingerprint density at radius 2 is 2.06 bits per heavy atom. The first-order chi connectivity index (χ1) is 8.47. The summed E-state index contributed by atoms with van der Waals surface area (Å²) in [6, 6.07) is 2.33. The molecular weight excluding hydrogens is 263 g/mol. The molecule has 0 radical (unpaired) electrons. The summed E-state index contributed by atoms with van der Waals surface area (Å²) in [4.78, 5) is 8.85. The van der Waals surface area contributed by atoms with Crippen LogP contribution in [-0.2, 0) is 12.7 Å². The summed E-state index contributed by atoms with van der Waals surface area (Å²) in [5, 5.41) is 2.96. The Kier molecular flexibility index (Phi) is 3.51. The van der Waals surface area contributed by atoms with E-state index in [4.69, 9.17) is 0 Å². The lowest BCUT2D eigenvalue weighted by atomic mass is 10.3. The number of thiazole rings is 1. The molecule has 0 aliphatic rings. The van der Waals surface area contributed by atoms with Crippen LogP contribution in [0.15, 0.2) is 23.8 Å². The number of rotatable bonds is 3. The molecule has 2 aromatic rings. The van der Waals surface area contributed by atoms with Gasteiger partial charge in [-0.15, -0.1) is 11.3 Å². The molecule has 7 heteroatoms. The van der Waals surface area contributed by atoms with Crippen molar-refractivity contribution in [3.05, 3.63) is 40.0 Å². The maximum Gasteiger partial charge on any atom is 0.417 e. The Morgan fingerprint density at radius 3 is 2.56 bits per heavy atom. The number of halogens is 3. The van der Waals surface area contributed by atoms with Gasteiger partial charge in [-0.05, 0) is 19.1 Å². The second-order valence-electron chi connectivity index (χ2n) is 3.64. The van der Waals surface area contributed by atoms with Gasteiger partial charge >= 0.3 is 6.18 Å². The van der Waals surface area contributed by atoms with Crippen molar-refractivity contribution in [2.24, 2.45) is 0 Å². The van der Waals surface area contributed by atoms with Gasteiger partial charge in [-0.3, -0.25) is 0 Å². The highest BCUT2D eigenvalue weighted by molar-refractivity contribution is 7.09. The van der Waals surface area contributed by atoms with E-state index in [1.807, 2.05) is 6.92 Å². The van der Waals surface area contributed by atoms with Crippen molar-refractivity contribution in [1.29, 1.82) is 0 Å². The highest BCUT2D eigenvalue weighted by Gasteiger charge is 2.30. The molecule has 0 bridgehead atoms. The van der Waals surface area contributed by atoms with E-state index in [0.717, 1.165) is 22.8 Å². The summed E-state index contributed by atoms with van der Waals surface area (Å²) in [5.74, 6) is 0.413. The van der Waals surface area contributed by atoms with Crippen molar-refractivity contribution < 1.29 is 13.2 Å². The Bertz CT molecular complexity index is 519. The fraction of sp³-hybridized carbons (Fsp3) is 0.273. The molecule has 0 unspecified atom stereocenters. The van der Waals surface area contributed by atoms with Crippen LogP contribution in [0.25, 0.3) is 0 Å². The van der Waals surface area contributed by atoms with Gasteiger partial charge in [0.25, 0.3) is 0 Å². The quantitative estimate of drug-likeness (QED) is 0.930. The summed E-state index contributed by atoms with van der Waals surface area (Å²) in [5.41, 5.74) is 1.90. The third-order valence-electron chi connectivity index (χ3n) is 2.37. The molecule has 2 rings (SSSR count). The van der Waals surface area contributed by atoms with Gasteiger partial charge in [0.15, 0.2) is 0 Å². The van der Waals surface area contributed by atoms with Gasteiger partial charge in [0.05, 0.1) is 23.3 Å². The first-order valence-corrected chi connectivity index (χ1v) is 6.01. The monoisotopic (exact) mass is 273 g/mol. The van der Waals surface area contributed by atoms with Crippen molar-refractivity contribution in [2.45, 2.75) is 19.6 Å². The molecule has 0 aliphatic heterocycles. The minimum Gasteiger partial charge on any atom is -0.365 e. The van der Waals surface area contributed by atoms with E-state index < -0.39 is 11.7 Å². The molecular formula is C11H10F3N3S. The number of hydrogen-bond donors (Lipinski definition) is 1. The van der Waals surface area contributed by atoms with E-state index in [2.05, 4.69) is 15.3 Å². The van der Waals surface area contributed by atoms with Gasteiger partial charge < -0.3 is 5.32 Å². The molecule has 0 aromatic carbocycles. The Labute approximate surface area is 106 Å². The average molecular weight is 273 g/mol. The van der Waals surface area contributed by atoms with Crippen LogP contribution in [0.2, 0.25) is 0 Å². The molecule has 0 atom stereocenters. The van der Waals surface area contributed by atoms with Gasteiger partial charge in [0, 0.05) is 11.1 Å². The number of hydrogen-bond acceptors (Lipinski definition) is 4. The molecule has 2 heterocycles. The summed E-state index contributed by atoms with van der Waals surface area (Å²) in [6.45, 7) is 2.39. The topological polar surface area (TPSA) is 37.8 Å². The van der Waals surface area contributed by atoms with Crippen LogP contribution in [0.5, 0.6) is 0 Å². The third-order valence-corrected chi connectivity index (χ3v) is 3.30. The maximum atomic E-state index is 12.3. The molecule has 0 aliphatic carbocycles. The van der Waals surface area contributed by atoms with Gasteiger partial charge in [-0.2, -0.15) is 13.2 Å². The van der Waals surface area contributed by atoms with E-state index in [0.29, 0.717) is 12.4 Å². The van der Waals surface area contributed by atoms with Crippen LogP contribution in [0, 0.1) is 6.92 Å². The summed E-state index contributed by atoms with van der Waals surface area (Å²) >= 11 is 1.49. The number of pyridine rings is 1. The number of aryl methyl sites for hydroxylation is 1. The van der Waals surface area contributed by atoms with Crippen molar-refractivity contribution in [1.82, 2.24) is 9.97 Å². The number of nitrogens with one attached hydrogen (secondary N) is 1. The normalized spacial score (nSPS) is 11.6. The lowest BCUT2D eigenvalue weighted by Crippen LogP contribution is -2.07. The maximum absolute atomic E-state index is 12.3. The molecule has 1 N–H and O–H groups in total. The zero-order valence-corrected chi connectivity index (χ0v) is 10.3. The highest BCUT2D eigenvalue weighted by atomic mass is 32.1. The van der Waals surface area contributed by atoms with Crippen molar-refractivity contribution >= 4 is 17.2 Å². The minimum atomic E-state index is -4.35. The number of nitrogens with zero attached hydrogens (tertiary/aromatic N) is 2. The van der Waals surface area contributed by atoms with Crippen LogP contribution in [0.1, 0.15) is 16.1 Å². The lowest BCUT2D eigenvalue weighted by Gasteiger charge is -2.08. The number of alkyl halides is 3. The zero-order valence-electron chi connectivity index (χ0n) is 9.45. The molecule has 0 spiro atoms. The van der Waals surface area contributed by atoms with Crippen LogP contribution >= 0.6 is 11.3 Å². The predicted octanol–water partition coefficient (Wildman–Crippen LogP) is 3.48. The summed E-state index contributed by atoms with van der Waals surface area (Å²) in [7, 11) is 0. The van der Waals surface area contributed by atoms with Gasteiger partial charge in [0.2, 0.25) is 0 Å². The summed E-state index contributed by atoms with van der Waals surface area (Å²) in [6.07, 6.45) is -3.53. The largest absolute Gasteiger partial charge is 0.417 e. The molecule has 0 saturated carbocycles. The third kappa shape index (κ3) is 2.98. The Balaban J connectivity index is 2.01. The number of anilines is 1. The van der Waals surface area contributed by atoms with Gasteiger partial charge in [0.1, 0.15) is 5.82 Å². The van der Waals surface area contributed by atoms with Crippen molar-refractivity contribution in [3.63, 3.8) is 0 Å². The van der Waals surface area contributed by atoms with Crippen LogP contribution < -0.4 is 5.32 Å². The zero-order chi connectivity index (χ0) is 13.2. The van der Waals surface area contributed by atoms with E-state index >= 15 is 0 Å². The standard InChI is InChI=1S/C11H10F3N3S/c1-7-9(18-6-17-7)5-16-10-3-2-8(4-15-10)11(12,13)14/h2-4,6H,5H2,1H3,(H,15,16). The van der Waals surface area contributed by atoms with Crippen LogP contribution in [0.4, 0.5) is 19.0 Å². The second kappa shape index (κ2) is 4.93. The van der Waals surface area contributed by atoms with Crippen LogP contribution in [-0.4, -0.2) is 9.97 Å². The van der Waals surface area contributed by atoms with Crippen molar-refractivity contribution in [2.75, 3.05) is 5.32 Å². The molecule has 3 nitrogen and oxygen atoms in total. The Hall–Kier alpha value is -1.63. The fourth-order valence-corrected chi connectivity index (χ4v) is 2.05. The first kappa shape index (κ1) is 12.8. The highest BCUT2D eigenvalue weighted by Crippen LogP contribution is 2.28. The van der Waals surface area contributed by atoms with E-state index in [1.54, 1.807) is 5.51 Å². The average Bonchev–Trinajstić information content (AvgIpc) is 2.72. The van der Waals surface area contributed by atoms with E-state index in [9.17, 15) is 13.2 Å². The lowest BCUT2D eigenvalue weighted by molar-refractivity contribution is -0.137. The molecule has 2 aromatic heterocycles. The van der Waals surface area contributed by atoms with Gasteiger partial charge in [-0.1, -0.05) is 0 Å². The second-order valence-corrected chi connectivity index (χ2v) is 4.58. The fourth-order valence-electron chi connectivity index (χ4n) is 1.33. The van der Waals surface area contributed by atoms with E-state index in [1.165, 1.54) is 17.4 Å². The number of aromatic nitrogens is 2.